The monoisotopic (exact) mass is 209 g/mol. The summed E-state index contributed by atoms with van der Waals surface area (Å²) in [5.41, 5.74) is 7.22. The summed E-state index contributed by atoms with van der Waals surface area (Å²) < 4.78 is 0. The molecule has 1 unspecified atom stereocenters. The van der Waals surface area contributed by atoms with Crippen molar-refractivity contribution in [2.24, 2.45) is 11.7 Å². The molecule has 3 N–H and O–H groups in total. The third-order valence-electron chi connectivity index (χ3n) is 3.02. The molecule has 4 nitrogen and oxygen atoms in total. The maximum atomic E-state index is 11.6. The molecule has 1 saturated heterocycles. The van der Waals surface area contributed by atoms with Gasteiger partial charge in [0.05, 0.1) is 6.42 Å². The summed E-state index contributed by atoms with van der Waals surface area (Å²) in [6, 6.07) is 0.0274. The molecule has 1 amide bonds. The second kappa shape index (κ2) is 3.85. The Morgan fingerprint density at radius 3 is 2.93 bits per heavy atom. The number of hydrogen-bond acceptors (Lipinski definition) is 3. The van der Waals surface area contributed by atoms with Gasteiger partial charge in [0, 0.05) is 19.1 Å². The van der Waals surface area contributed by atoms with Gasteiger partial charge in [-0.1, -0.05) is 13.8 Å². The van der Waals surface area contributed by atoms with Gasteiger partial charge >= 0.3 is 0 Å². The van der Waals surface area contributed by atoms with Crippen LogP contribution in [0.3, 0.4) is 0 Å². The van der Waals surface area contributed by atoms with Crippen molar-refractivity contribution >= 4 is 5.91 Å². The third kappa shape index (κ3) is 1.86. The van der Waals surface area contributed by atoms with Crippen LogP contribution in [-0.4, -0.2) is 29.9 Å². The van der Waals surface area contributed by atoms with E-state index in [9.17, 15) is 4.79 Å². The summed E-state index contributed by atoms with van der Waals surface area (Å²) in [7, 11) is 0. The van der Waals surface area contributed by atoms with Crippen molar-refractivity contribution in [3.05, 3.63) is 11.4 Å². The van der Waals surface area contributed by atoms with Crippen molar-refractivity contribution < 1.29 is 4.79 Å². The van der Waals surface area contributed by atoms with Crippen LogP contribution in [0.2, 0.25) is 0 Å². The van der Waals surface area contributed by atoms with Crippen LogP contribution in [0.1, 0.15) is 26.7 Å². The predicted octanol–water partition coefficient (Wildman–Crippen LogP) is 0.407. The minimum Gasteiger partial charge on any atom is -0.370 e. The Kier molecular flexibility index (Phi) is 2.69. The zero-order valence-corrected chi connectivity index (χ0v) is 9.42. The fourth-order valence-corrected chi connectivity index (χ4v) is 2.33. The van der Waals surface area contributed by atoms with Crippen molar-refractivity contribution in [1.29, 1.82) is 0 Å². The van der Waals surface area contributed by atoms with Gasteiger partial charge in [-0.25, -0.2) is 0 Å². The molecule has 1 atom stereocenters. The lowest BCUT2D eigenvalue weighted by molar-refractivity contribution is -0.126. The van der Waals surface area contributed by atoms with Crippen LogP contribution in [0.15, 0.2) is 11.4 Å². The van der Waals surface area contributed by atoms with Gasteiger partial charge in [0.2, 0.25) is 5.91 Å². The van der Waals surface area contributed by atoms with Crippen LogP contribution in [0, 0.1) is 5.92 Å². The van der Waals surface area contributed by atoms with Gasteiger partial charge in [-0.05, 0) is 17.9 Å². The molecule has 2 aliphatic rings. The molecule has 0 saturated carbocycles. The number of nitrogens with zero attached hydrogens (tertiary/aromatic N) is 1. The van der Waals surface area contributed by atoms with Gasteiger partial charge in [-0.3, -0.25) is 9.69 Å². The Labute approximate surface area is 90.5 Å². The van der Waals surface area contributed by atoms with E-state index < -0.39 is 0 Å². The maximum absolute atomic E-state index is 11.6. The third-order valence-corrected chi connectivity index (χ3v) is 3.02. The largest absolute Gasteiger partial charge is 0.370 e. The van der Waals surface area contributed by atoms with Gasteiger partial charge in [0.15, 0.2) is 0 Å². The molecular formula is C11H19N3O. The first-order valence-corrected chi connectivity index (χ1v) is 5.62. The topological polar surface area (TPSA) is 58.4 Å². The number of rotatable bonds is 3. The van der Waals surface area contributed by atoms with Gasteiger partial charge in [0.25, 0.3) is 0 Å². The molecule has 0 aliphatic carbocycles. The number of fused-ring (bicyclic) bond motifs is 1. The highest BCUT2D eigenvalue weighted by Gasteiger charge is 2.35. The van der Waals surface area contributed by atoms with Crippen molar-refractivity contribution in [3.8, 4) is 0 Å². The smallest absolute Gasteiger partial charge is 0.232 e. The van der Waals surface area contributed by atoms with E-state index in [4.69, 9.17) is 5.73 Å². The molecular weight excluding hydrogens is 190 g/mol. The Morgan fingerprint density at radius 2 is 2.27 bits per heavy atom. The number of nitrogens with two attached hydrogens (primary N) is 1. The molecule has 2 rings (SSSR count). The van der Waals surface area contributed by atoms with Crippen molar-refractivity contribution in [2.75, 3.05) is 13.1 Å². The summed E-state index contributed by atoms with van der Waals surface area (Å²) >= 11 is 0. The Morgan fingerprint density at radius 1 is 1.53 bits per heavy atom. The van der Waals surface area contributed by atoms with E-state index in [1.807, 2.05) is 4.90 Å². The van der Waals surface area contributed by atoms with E-state index >= 15 is 0 Å². The lowest BCUT2D eigenvalue weighted by atomic mass is 9.97. The highest BCUT2D eigenvalue weighted by atomic mass is 16.2. The van der Waals surface area contributed by atoms with Crippen molar-refractivity contribution in [2.45, 2.75) is 32.7 Å². The predicted molar refractivity (Wildman–Crippen MR) is 58.8 cm³/mol. The van der Waals surface area contributed by atoms with Gasteiger partial charge in [-0.2, -0.15) is 0 Å². The maximum Gasteiger partial charge on any atom is 0.232 e. The average molecular weight is 209 g/mol. The number of nitrogens with one attached hydrogen (secondary N) is 1. The quantitative estimate of drug-likeness (QED) is 0.707. The molecule has 0 aromatic carbocycles. The lowest BCUT2D eigenvalue weighted by Crippen LogP contribution is -2.26. The summed E-state index contributed by atoms with van der Waals surface area (Å²) in [4.78, 5) is 13.5. The minimum absolute atomic E-state index is 0.0274. The van der Waals surface area contributed by atoms with Crippen LogP contribution in [0.25, 0.3) is 0 Å². The first kappa shape index (κ1) is 10.5. The minimum atomic E-state index is 0.0274. The van der Waals surface area contributed by atoms with E-state index in [2.05, 4.69) is 19.2 Å². The fourth-order valence-electron chi connectivity index (χ4n) is 2.33. The zero-order chi connectivity index (χ0) is 11.0. The number of amides is 1. The standard InChI is InChI=1S/C11H19N3O/c1-7(2)5-9(12)8-6-10(15)14-4-3-13-11(8)14/h7,9,13H,3-6,12H2,1-2H3. The number of hydrogen-bond donors (Lipinski definition) is 2. The van der Waals surface area contributed by atoms with E-state index in [0.717, 1.165) is 30.9 Å². The average Bonchev–Trinajstić information content (AvgIpc) is 2.68. The van der Waals surface area contributed by atoms with E-state index in [1.54, 1.807) is 0 Å². The fraction of sp³-hybridized carbons (Fsp3) is 0.727. The first-order valence-electron chi connectivity index (χ1n) is 5.62. The summed E-state index contributed by atoms with van der Waals surface area (Å²) in [6.45, 7) is 5.97. The number of carbonyl (C=O) groups excluding carboxylic acids is 1. The molecule has 4 heteroatoms. The zero-order valence-electron chi connectivity index (χ0n) is 9.42. The molecule has 0 aromatic heterocycles. The van der Waals surface area contributed by atoms with Crippen LogP contribution >= 0.6 is 0 Å². The van der Waals surface area contributed by atoms with Crippen LogP contribution in [0.4, 0.5) is 0 Å². The summed E-state index contributed by atoms with van der Waals surface area (Å²) in [5.74, 6) is 1.76. The Balaban J connectivity index is 2.14. The van der Waals surface area contributed by atoms with Gasteiger partial charge in [0.1, 0.15) is 5.82 Å². The Hall–Kier alpha value is -1.03. The van der Waals surface area contributed by atoms with Crippen molar-refractivity contribution in [3.63, 3.8) is 0 Å². The second-order valence-corrected chi connectivity index (χ2v) is 4.76. The lowest BCUT2D eigenvalue weighted by Gasteiger charge is -2.16. The molecule has 0 radical (unpaired) electrons. The molecule has 0 bridgehead atoms. The molecule has 1 fully saturated rings. The molecule has 0 aromatic rings. The highest BCUT2D eigenvalue weighted by Crippen LogP contribution is 2.28. The molecule has 2 aliphatic heterocycles. The molecule has 2 heterocycles. The molecule has 84 valence electrons. The number of carbonyl (C=O) groups is 1. The second-order valence-electron chi connectivity index (χ2n) is 4.76. The first-order chi connectivity index (χ1) is 7.09. The van der Waals surface area contributed by atoms with Crippen LogP contribution < -0.4 is 11.1 Å². The van der Waals surface area contributed by atoms with E-state index in [-0.39, 0.29) is 11.9 Å². The van der Waals surface area contributed by atoms with Gasteiger partial charge < -0.3 is 11.1 Å². The van der Waals surface area contributed by atoms with Gasteiger partial charge in [-0.15, -0.1) is 0 Å². The van der Waals surface area contributed by atoms with E-state index in [1.165, 1.54) is 0 Å². The SMILES string of the molecule is CC(C)CC(N)C1=C2NCCN2C(=O)C1. The normalized spacial score (nSPS) is 22.4. The molecule has 15 heavy (non-hydrogen) atoms. The van der Waals surface area contributed by atoms with E-state index in [0.29, 0.717) is 12.3 Å². The van der Waals surface area contributed by atoms with Crippen molar-refractivity contribution in [1.82, 2.24) is 10.2 Å². The summed E-state index contributed by atoms with van der Waals surface area (Å²) in [6.07, 6.45) is 1.46. The highest BCUT2D eigenvalue weighted by molar-refractivity contribution is 5.85. The van der Waals surface area contributed by atoms with Crippen LogP contribution in [-0.2, 0) is 4.79 Å². The van der Waals surface area contributed by atoms with Crippen LogP contribution in [0.5, 0.6) is 0 Å². The molecule has 0 spiro atoms. The Bertz CT molecular complexity index is 309. The summed E-state index contributed by atoms with van der Waals surface area (Å²) in [5, 5.41) is 3.26.